The van der Waals surface area contributed by atoms with E-state index in [1.807, 2.05) is 12.1 Å². The highest BCUT2D eigenvalue weighted by Gasteiger charge is 2.18. The maximum absolute atomic E-state index is 8.63. The van der Waals surface area contributed by atoms with Crippen LogP contribution in [0.25, 0.3) is 0 Å². The number of ether oxygens (including phenoxy) is 1. The van der Waals surface area contributed by atoms with E-state index in [0.29, 0.717) is 18.2 Å². The highest BCUT2D eigenvalue weighted by molar-refractivity contribution is 6.35. The molecular formula is C13H17Cl2NO2. The smallest absolute Gasteiger partial charge is 0.0698 e. The molecule has 5 heteroatoms. The first-order chi connectivity index (χ1) is 8.70. The summed E-state index contributed by atoms with van der Waals surface area (Å²) in [6.45, 7) is 3.83. The molecule has 1 aliphatic rings. The van der Waals surface area contributed by atoms with E-state index in [0.717, 1.165) is 31.1 Å². The number of benzene rings is 1. The highest BCUT2D eigenvalue weighted by atomic mass is 35.5. The van der Waals surface area contributed by atoms with E-state index in [4.69, 9.17) is 33.0 Å². The Kier molecular flexibility index (Phi) is 5.27. The van der Waals surface area contributed by atoms with Gasteiger partial charge in [0.05, 0.1) is 19.8 Å². The minimum atomic E-state index is 0.0774. The lowest BCUT2D eigenvalue weighted by Gasteiger charge is -2.29. The largest absolute Gasteiger partial charge is 0.394 e. The topological polar surface area (TPSA) is 32.7 Å². The van der Waals surface area contributed by atoms with Crippen LogP contribution in [0.15, 0.2) is 12.1 Å². The van der Waals surface area contributed by atoms with E-state index < -0.39 is 0 Å². The molecule has 2 rings (SSSR count). The van der Waals surface area contributed by atoms with Gasteiger partial charge >= 0.3 is 0 Å². The molecule has 0 fully saturated rings. The standard InChI is InChI=1S/C13H17Cl2NO2/c14-11-7-10-9-16(3-5-18-6-4-17)2-1-12(10)13(15)8-11/h7-8,17H,1-6,9H2. The zero-order chi connectivity index (χ0) is 13.0. The van der Waals surface area contributed by atoms with Gasteiger partial charge in [-0.15, -0.1) is 0 Å². The first kappa shape index (κ1) is 14.1. The average Bonchev–Trinajstić information content (AvgIpc) is 2.34. The second-order valence-corrected chi connectivity index (χ2v) is 5.23. The summed E-state index contributed by atoms with van der Waals surface area (Å²) in [4.78, 5) is 2.31. The summed E-state index contributed by atoms with van der Waals surface area (Å²) in [6, 6.07) is 3.80. The molecule has 1 aromatic rings. The van der Waals surface area contributed by atoms with Crippen molar-refractivity contribution in [3.05, 3.63) is 33.3 Å². The van der Waals surface area contributed by atoms with Crippen molar-refractivity contribution in [1.29, 1.82) is 0 Å². The molecule has 1 aliphatic heterocycles. The Morgan fingerprint density at radius 1 is 1.28 bits per heavy atom. The van der Waals surface area contributed by atoms with Crippen molar-refractivity contribution in [3.63, 3.8) is 0 Å². The third-order valence-corrected chi connectivity index (χ3v) is 3.67. The minimum absolute atomic E-state index is 0.0774. The van der Waals surface area contributed by atoms with Gasteiger partial charge in [0.25, 0.3) is 0 Å². The van der Waals surface area contributed by atoms with E-state index in [2.05, 4.69) is 4.90 Å². The zero-order valence-electron chi connectivity index (χ0n) is 10.2. The maximum Gasteiger partial charge on any atom is 0.0698 e. The van der Waals surface area contributed by atoms with E-state index in [-0.39, 0.29) is 6.61 Å². The first-order valence-corrected chi connectivity index (χ1v) is 6.84. The molecule has 1 N–H and O–H groups in total. The molecule has 0 saturated heterocycles. The van der Waals surface area contributed by atoms with Gasteiger partial charge in [-0.05, 0) is 29.7 Å². The molecule has 3 nitrogen and oxygen atoms in total. The molecule has 1 aromatic carbocycles. The van der Waals surface area contributed by atoms with Gasteiger partial charge in [-0.25, -0.2) is 0 Å². The second-order valence-electron chi connectivity index (χ2n) is 4.39. The Labute approximate surface area is 117 Å². The molecule has 0 aliphatic carbocycles. The van der Waals surface area contributed by atoms with E-state index in [9.17, 15) is 0 Å². The summed E-state index contributed by atoms with van der Waals surface area (Å²) < 4.78 is 5.28. The van der Waals surface area contributed by atoms with Gasteiger partial charge < -0.3 is 9.84 Å². The summed E-state index contributed by atoms with van der Waals surface area (Å²) >= 11 is 12.2. The van der Waals surface area contributed by atoms with Crippen LogP contribution in [-0.2, 0) is 17.7 Å². The second kappa shape index (κ2) is 6.73. The summed E-state index contributed by atoms with van der Waals surface area (Å²) in [5.74, 6) is 0. The fourth-order valence-corrected chi connectivity index (χ4v) is 2.85. The van der Waals surface area contributed by atoms with Crippen LogP contribution in [0.3, 0.4) is 0 Å². The first-order valence-electron chi connectivity index (χ1n) is 6.08. The van der Waals surface area contributed by atoms with Crippen LogP contribution in [0, 0.1) is 0 Å². The molecule has 100 valence electrons. The van der Waals surface area contributed by atoms with E-state index >= 15 is 0 Å². The summed E-state index contributed by atoms with van der Waals surface area (Å²) in [7, 11) is 0. The fraction of sp³-hybridized carbons (Fsp3) is 0.538. The molecular weight excluding hydrogens is 273 g/mol. The molecule has 1 heterocycles. The SMILES string of the molecule is OCCOCCN1CCc2c(Cl)cc(Cl)cc2C1. The van der Waals surface area contributed by atoms with Crippen LogP contribution in [0.4, 0.5) is 0 Å². The minimum Gasteiger partial charge on any atom is -0.394 e. The monoisotopic (exact) mass is 289 g/mol. The van der Waals surface area contributed by atoms with E-state index in [1.165, 1.54) is 11.1 Å². The number of aliphatic hydroxyl groups excluding tert-OH is 1. The Morgan fingerprint density at radius 3 is 2.89 bits per heavy atom. The van der Waals surface area contributed by atoms with Crippen molar-refractivity contribution >= 4 is 23.2 Å². The lowest BCUT2D eigenvalue weighted by Crippen LogP contribution is -2.33. The lowest BCUT2D eigenvalue weighted by molar-refractivity contribution is 0.0709. The van der Waals surface area contributed by atoms with E-state index in [1.54, 1.807) is 0 Å². The third-order valence-electron chi connectivity index (χ3n) is 3.11. The number of aliphatic hydroxyl groups is 1. The molecule has 0 atom stereocenters. The molecule has 18 heavy (non-hydrogen) atoms. The fourth-order valence-electron chi connectivity index (χ4n) is 2.22. The van der Waals surface area contributed by atoms with Crippen molar-refractivity contribution in [1.82, 2.24) is 4.90 Å². The summed E-state index contributed by atoms with van der Waals surface area (Å²) in [6.07, 6.45) is 0.950. The number of fused-ring (bicyclic) bond motifs is 1. The van der Waals surface area contributed by atoms with Crippen LogP contribution in [0.1, 0.15) is 11.1 Å². The van der Waals surface area contributed by atoms with Gasteiger partial charge in [0.1, 0.15) is 0 Å². The van der Waals surface area contributed by atoms with Crippen molar-refractivity contribution in [3.8, 4) is 0 Å². The number of hydrogen-bond donors (Lipinski definition) is 1. The highest BCUT2D eigenvalue weighted by Crippen LogP contribution is 2.29. The number of halogens is 2. The predicted octanol–water partition coefficient (Wildman–Crippen LogP) is 2.36. The van der Waals surface area contributed by atoms with Gasteiger partial charge in [-0.1, -0.05) is 23.2 Å². The quantitative estimate of drug-likeness (QED) is 0.845. The van der Waals surface area contributed by atoms with Crippen molar-refractivity contribution in [2.45, 2.75) is 13.0 Å². The molecule has 0 bridgehead atoms. The van der Waals surface area contributed by atoms with Crippen LogP contribution in [0.2, 0.25) is 10.0 Å². The zero-order valence-corrected chi connectivity index (χ0v) is 11.7. The molecule has 0 aromatic heterocycles. The Morgan fingerprint density at radius 2 is 2.11 bits per heavy atom. The maximum atomic E-state index is 8.63. The van der Waals surface area contributed by atoms with Gasteiger partial charge in [-0.3, -0.25) is 4.90 Å². The summed E-state index contributed by atoms with van der Waals surface area (Å²) in [5.41, 5.74) is 2.43. The molecule has 0 saturated carbocycles. The van der Waals surface area contributed by atoms with Gasteiger partial charge in [0.2, 0.25) is 0 Å². The number of hydrogen-bond acceptors (Lipinski definition) is 3. The predicted molar refractivity (Wildman–Crippen MR) is 73.3 cm³/mol. The van der Waals surface area contributed by atoms with Gasteiger partial charge in [0, 0.05) is 29.7 Å². The number of nitrogens with zero attached hydrogens (tertiary/aromatic N) is 1. The number of rotatable bonds is 5. The van der Waals surface area contributed by atoms with Crippen LogP contribution >= 0.6 is 23.2 Å². The van der Waals surface area contributed by atoms with Crippen molar-refractivity contribution in [2.75, 3.05) is 32.9 Å². The van der Waals surface area contributed by atoms with Crippen LogP contribution < -0.4 is 0 Å². The Balaban J connectivity index is 1.93. The van der Waals surface area contributed by atoms with Gasteiger partial charge in [-0.2, -0.15) is 0 Å². The Bertz CT molecular complexity index is 412. The molecule has 0 radical (unpaired) electrons. The molecule has 0 amide bonds. The summed E-state index contributed by atoms with van der Waals surface area (Å²) in [5, 5.41) is 10.1. The molecule has 0 spiro atoms. The lowest BCUT2D eigenvalue weighted by atomic mass is 10.00. The van der Waals surface area contributed by atoms with Crippen molar-refractivity contribution in [2.24, 2.45) is 0 Å². The normalized spacial score (nSPS) is 15.7. The third kappa shape index (κ3) is 3.59. The van der Waals surface area contributed by atoms with Crippen LogP contribution in [-0.4, -0.2) is 42.9 Å². The molecule has 0 unspecified atom stereocenters. The average molecular weight is 290 g/mol. The van der Waals surface area contributed by atoms with Crippen LogP contribution in [0.5, 0.6) is 0 Å². The van der Waals surface area contributed by atoms with Crippen molar-refractivity contribution < 1.29 is 9.84 Å². The van der Waals surface area contributed by atoms with Gasteiger partial charge in [0.15, 0.2) is 0 Å². The Hall–Kier alpha value is -0.320.